The molecule has 2 N–H and O–H groups in total. The van der Waals surface area contributed by atoms with Crippen molar-refractivity contribution in [1.29, 1.82) is 0 Å². The molecule has 0 spiro atoms. The predicted octanol–water partition coefficient (Wildman–Crippen LogP) is 2.15. The van der Waals surface area contributed by atoms with Crippen molar-refractivity contribution >= 4 is 23.6 Å². The van der Waals surface area contributed by atoms with Gasteiger partial charge in [0.1, 0.15) is 0 Å². The van der Waals surface area contributed by atoms with Crippen LogP contribution in [0.25, 0.3) is 0 Å². The Labute approximate surface area is 148 Å². The molecule has 2 unspecified atom stereocenters. The van der Waals surface area contributed by atoms with Gasteiger partial charge in [0.25, 0.3) is 23.6 Å². The second-order valence-electron chi connectivity index (χ2n) is 7.04. The van der Waals surface area contributed by atoms with E-state index in [2.05, 4.69) is 24.5 Å². The van der Waals surface area contributed by atoms with Crippen molar-refractivity contribution in [3.8, 4) is 0 Å². The lowest BCUT2D eigenvalue weighted by Gasteiger charge is -2.24. The van der Waals surface area contributed by atoms with Crippen LogP contribution in [0.3, 0.4) is 0 Å². The van der Waals surface area contributed by atoms with Crippen LogP contribution >= 0.6 is 0 Å². The average molecular weight is 346 g/mol. The number of carbonyl (C=O) groups excluding carboxylic acids is 4. The number of hydrogen-bond acceptors (Lipinski definition) is 4. The van der Waals surface area contributed by atoms with Crippen LogP contribution in [0.2, 0.25) is 0 Å². The summed E-state index contributed by atoms with van der Waals surface area (Å²) in [5.74, 6) is -0.652. The van der Waals surface area contributed by atoms with Crippen LogP contribution in [0, 0.1) is 11.8 Å². The van der Waals surface area contributed by atoms with E-state index in [1.165, 1.54) is 0 Å². The summed E-state index contributed by atoms with van der Waals surface area (Å²) in [5.41, 5.74) is 2.16. The van der Waals surface area contributed by atoms with Gasteiger partial charge in [0.2, 0.25) is 0 Å². The highest BCUT2D eigenvalue weighted by atomic mass is 16.2. The summed E-state index contributed by atoms with van der Waals surface area (Å²) in [7, 11) is 0. The number of hydrogen-bond donors (Lipinski definition) is 2. The van der Waals surface area contributed by atoms with Crippen molar-refractivity contribution in [3.05, 3.63) is 22.3 Å². The van der Waals surface area contributed by atoms with Crippen molar-refractivity contribution in [2.24, 2.45) is 11.8 Å². The van der Waals surface area contributed by atoms with Crippen LogP contribution in [0.5, 0.6) is 0 Å². The number of amides is 4. The molecular formula is C19H26N2O4. The molecule has 0 saturated heterocycles. The highest BCUT2D eigenvalue weighted by molar-refractivity contribution is 6.19. The molecule has 136 valence electrons. The Morgan fingerprint density at radius 1 is 0.800 bits per heavy atom. The third kappa shape index (κ3) is 4.06. The number of nitrogens with one attached hydrogen (secondary N) is 2. The fourth-order valence-corrected chi connectivity index (χ4v) is 3.53. The molecule has 0 aromatic carbocycles. The maximum absolute atomic E-state index is 12.0. The van der Waals surface area contributed by atoms with E-state index < -0.39 is 0 Å². The van der Waals surface area contributed by atoms with Crippen LogP contribution in [0.1, 0.15) is 59.8 Å². The van der Waals surface area contributed by atoms with Crippen molar-refractivity contribution in [2.75, 3.05) is 0 Å². The van der Waals surface area contributed by atoms with Crippen molar-refractivity contribution < 1.29 is 19.2 Å². The van der Waals surface area contributed by atoms with Crippen LogP contribution in [-0.4, -0.2) is 23.6 Å². The zero-order chi connectivity index (χ0) is 18.7. The lowest BCUT2D eigenvalue weighted by molar-refractivity contribution is -0.125. The zero-order valence-corrected chi connectivity index (χ0v) is 15.3. The molecule has 0 bridgehead atoms. The van der Waals surface area contributed by atoms with E-state index in [9.17, 15) is 19.2 Å². The van der Waals surface area contributed by atoms with Gasteiger partial charge in [-0.15, -0.1) is 0 Å². The molecule has 6 nitrogen and oxygen atoms in total. The summed E-state index contributed by atoms with van der Waals surface area (Å²) in [6.45, 7) is 7.56. The van der Waals surface area contributed by atoms with E-state index in [1.807, 2.05) is 0 Å². The molecule has 6 heteroatoms. The average Bonchev–Trinajstić information content (AvgIpc) is 2.94. The molecular weight excluding hydrogens is 320 g/mol. The summed E-state index contributed by atoms with van der Waals surface area (Å²) in [6, 6.07) is 0. The predicted molar refractivity (Wildman–Crippen MR) is 93.1 cm³/mol. The maximum Gasteiger partial charge on any atom is 0.254 e. The van der Waals surface area contributed by atoms with Gasteiger partial charge in [0, 0.05) is 22.3 Å². The van der Waals surface area contributed by atoms with Crippen LogP contribution < -0.4 is 10.6 Å². The zero-order valence-electron chi connectivity index (χ0n) is 15.3. The molecule has 0 aromatic heterocycles. The fourth-order valence-electron chi connectivity index (χ4n) is 3.53. The lowest BCUT2D eigenvalue weighted by atomic mass is 9.80. The molecule has 0 aromatic rings. The molecule has 2 aliphatic rings. The highest BCUT2D eigenvalue weighted by Crippen LogP contribution is 2.32. The van der Waals surface area contributed by atoms with Crippen molar-refractivity contribution in [2.45, 2.75) is 59.8 Å². The van der Waals surface area contributed by atoms with Crippen LogP contribution in [0.15, 0.2) is 22.3 Å². The van der Waals surface area contributed by atoms with Crippen molar-refractivity contribution in [1.82, 2.24) is 10.6 Å². The second kappa shape index (κ2) is 7.76. The third-order valence-electron chi connectivity index (χ3n) is 5.37. The first-order chi connectivity index (χ1) is 11.8. The van der Waals surface area contributed by atoms with E-state index >= 15 is 0 Å². The molecule has 2 aliphatic heterocycles. The smallest absolute Gasteiger partial charge is 0.254 e. The SMILES string of the molecule is CCCC(CC1=C(C)C(=O)NC1=O)C(C)CCC1=C(C)C(=O)NC1=O. The standard InChI is InChI=1S/C19H26N2O4/c1-5-6-13(9-15-12(4)17(23)21-19(15)25)10(2)7-8-14-11(3)16(22)20-18(14)24/h10,13H,5-9H2,1-4H3,(H,20,22,24)(H,21,23,25). The minimum absolute atomic E-state index is 0.257. The van der Waals surface area contributed by atoms with Gasteiger partial charge in [-0.2, -0.15) is 0 Å². The van der Waals surface area contributed by atoms with Gasteiger partial charge >= 0.3 is 0 Å². The van der Waals surface area contributed by atoms with E-state index in [0.29, 0.717) is 35.1 Å². The molecule has 0 fully saturated rings. The molecule has 25 heavy (non-hydrogen) atoms. The Morgan fingerprint density at radius 3 is 1.76 bits per heavy atom. The Kier molecular flexibility index (Phi) is 5.93. The van der Waals surface area contributed by atoms with Gasteiger partial charge in [-0.05, 0) is 44.9 Å². The van der Waals surface area contributed by atoms with Gasteiger partial charge < -0.3 is 0 Å². The topological polar surface area (TPSA) is 92.3 Å². The minimum atomic E-state index is -0.306. The largest absolute Gasteiger partial charge is 0.289 e. The lowest BCUT2D eigenvalue weighted by Crippen LogP contribution is -2.24. The first kappa shape index (κ1) is 19.1. The molecule has 2 heterocycles. The first-order valence-electron chi connectivity index (χ1n) is 8.87. The Morgan fingerprint density at radius 2 is 1.32 bits per heavy atom. The molecule has 0 aliphatic carbocycles. The van der Waals surface area contributed by atoms with E-state index in [1.54, 1.807) is 13.8 Å². The van der Waals surface area contributed by atoms with Gasteiger partial charge in [0.05, 0.1) is 0 Å². The van der Waals surface area contributed by atoms with E-state index in [4.69, 9.17) is 0 Å². The maximum atomic E-state index is 12.0. The molecule has 2 rings (SSSR count). The number of imide groups is 2. The van der Waals surface area contributed by atoms with E-state index in [0.717, 1.165) is 19.3 Å². The second-order valence-corrected chi connectivity index (χ2v) is 7.04. The normalized spacial score (nSPS) is 20.3. The van der Waals surface area contributed by atoms with Gasteiger partial charge in [0.15, 0.2) is 0 Å². The van der Waals surface area contributed by atoms with Gasteiger partial charge in [-0.25, -0.2) is 0 Å². The minimum Gasteiger partial charge on any atom is -0.289 e. The summed E-state index contributed by atoms with van der Waals surface area (Å²) in [6.07, 6.45) is 3.82. The fraction of sp³-hybridized carbons (Fsp3) is 0.579. The summed E-state index contributed by atoms with van der Waals surface area (Å²) < 4.78 is 0. The van der Waals surface area contributed by atoms with Crippen LogP contribution in [0.4, 0.5) is 0 Å². The Hall–Kier alpha value is -2.24. The number of carbonyl (C=O) groups is 4. The van der Waals surface area contributed by atoms with Gasteiger partial charge in [-0.1, -0.05) is 26.7 Å². The molecule has 0 radical (unpaired) electrons. The van der Waals surface area contributed by atoms with Gasteiger partial charge in [-0.3, -0.25) is 29.8 Å². The monoisotopic (exact) mass is 346 g/mol. The van der Waals surface area contributed by atoms with Crippen molar-refractivity contribution in [3.63, 3.8) is 0 Å². The summed E-state index contributed by atoms with van der Waals surface area (Å²) >= 11 is 0. The Bertz CT molecular complexity index is 688. The molecule has 4 amide bonds. The highest BCUT2D eigenvalue weighted by Gasteiger charge is 2.31. The summed E-state index contributed by atoms with van der Waals surface area (Å²) in [5, 5.41) is 4.67. The first-order valence-corrected chi connectivity index (χ1v) is 8.87. The quantitative estimate of drug-likeness (QED) is 0.659. The van der Waals surface area contributed by atoms with E-state index in [-0.39, 0.29) is 35.5 Å². The molecule has 2 atom stereocenters. The molecule has 0 saturated carbocycles. The van der Waals surface area contributed by atoms with Crippen LogP contribution in [-0.2, 0) is 19.2 Å². The third-order valence-corrected chi connectivity index (χ3v) is 5.37. The number of rotatable bonds is 8. The Balaban J connectivity index is 2.05. The summed E-state index contributed by atoms with van der Waals surface area (Å²) in [4.78, 5) is 46.9.